The Bertz CT molecular complexity index is 53.5. The average Bonchev–Trinajstić information content (AvgIpc) is 1.69. The molecule has 0 aromatic carbocycles. The molecule has 0 bridgehead atoms. The van der Waals surface area contributed by atoms with Gasteiger partial charge in [0.1, 0.15) is 0 Å². The molecule has 0 spiro atoms. The molecule has 0 unspecified atom stereocenters. The summed E-state index contributed by atoms with van der Waals surface area (Å²) in [5, 5.41) is 0. The molecule has 0 aliphatic rings. The first-order chi connectivity index (χ1) is 3.41. The fraction of sp³-hybridized carbons (Fsp3) is 0.333. The molecule has 0 aliphatic heterocycles. The molecule has 0 N–H and O–H groups in total. The SMILES string of the molecule is B.C=CCSCC=C. The zero-order valence-electron chi connectivity index (χ0n) is 4.39. The van der Waals surface area contributed by atoms with Gasteiger partial charge in [-0.1, -0.05) is 12.2 Å². The van der Waals surface area contributed by atoms with Crippen LogP contribution in [0.2, 0.25) is 0 Å². The molecule has 0 fully saturated rings. The Morgan fingerprint density at radius 1 is 1.12 bits per heavy atom. The lowest BCUT2D eigenvalue weighted by molar-refractivity contribution is 1.74. The van der Waals surface area contributed by atoms with E-state index in [0.717, 1.165) is 11.5 Å². The van der Waals surface area contributed by atoms with Crippen LogP contribution < -0.4 is 0 Å². The van der Waals surface area contributed by atoms with Crippen molar-refractivity contribution in [2.75, 3.05) is 11.5 Å². The van der Waals surface area contributed by atoms with Gasteiger partial charge in [0, 0.05) is 11.5 Å². The number of thioether (sulfide) groups is 1. The van der Waals surface area contributed by atoms with E-state index < -0.39 is 0 Å². The Labute approximate surface area is 57.6 Å². The molecule has 46 valence electrons. The minimum Gasteiger partial charge on any atom is -0.154 e. The maximum Gasteiger partial charge on any atom is 0.0814 e. The van der Waals surface area contributed by atoms with E-state index in [-0.39, 0.29) is 8.41 Å². The molecule has 0 aromatic heterocycles. The number of hydrogen-bond donors (Lipinski definition) is 0. The zero-order valence-corrected chi connectivity index (χ0v) is 5.21. The lowest BCUT2D eigenvalue weighted by Crippen LogP contribution is -1.69. The molecule has 0 rings (SSSR count). The van der Waals surface area contributed by atoms with Gasteiger partial charge in [-0.25, -0.2) is 0 Å². The Morgan fingerprint density at radius 3 is 1.75 bits per heavy atom. The minimum absolute atomic E-state index is 0. The van der Waals surface area contributed by atoms with Crippen LogP contribution in [0.4, 0.5) is 0 Å². The summed E-state index contributed by atoms with van der Waals surface area (Å²) in [6.45, 7) is 7.15. The summed E-state index contributed by atoms with van der Waals surface area (Å²) in [7, 11) is 0. The van der Waals surface area contributed by atoms with Gasteiger partial charge in [-0.3, -0.25) is 0 Å². The van der Waals surface area contributed by atoms with E-state index in [9.17, 15) is 0 Å². The Morgan fingerprint density at radius 2 is 1.50 bits per heavy atom. The quantitative estimate of drug-likeness (QED) is 0.308. The highest BCUT2D eigenvalue weighted by Gasteiger charge is 1.73. The third kappa shape index (κ3) is 9.31. The third-order valence-electron chi connectivity index (χ3n) is 0.471. The van der Waals surface area contributed by atoms with Gasteiger partial charge in [-0.05, 0) is 0 Å². The summed E-state index contributed by atoms with van der Waals surface area (Å²) in [5.74, 6) is 2.07. The van der Waals surface area contributed by atoms with Gasteiger partial charge in [-0.2, -0.15) is 11.8 Å². The van der Waals surface area contributed by atoms with Crippen molar-refractivity contribution < 1.29 is 0 Å². The maximum absolute atomic E-state index is 3.58. The fourth-order valence-corrected chi connectivity index (χ4v) is 0.704. The second kappa shape index (κ2) is 10.00. The normalized spacial score (nSPS) is 7.00. The summed E-state index contributed by atoms with van der Waals surface area (Å²) in [4.78, 5) is 0. The van der Waals surface area contributed by atoms with Crippen molar-refractivity contribution >= 4 is 20.2 Å². The van der Waals surface area contributed by atoms with E-state index in [0.29, 0.717) is 0 Å². The molecule has 0 atom stereocenters. The molecular weight excluding hydrogens is 115 g/mol. The first-order valence-electron chi connectivity index (χ1n) is 2.21. The van der Waals surface area contributed by atoms with E-state index >= 15 is 0 Å². The van der Waals surface area contributed by atoms with Crippen molar-refractivity contribution in [3.05, 3.63) is 25.3 Å². The van der Waals surface area contributed by atoms with Crippen LogP contribution in [-0.4, -0.2) is 19.9 Å². The predicted molar refractivity (Wildman–Crippen MR) is 47.7 cm³/mol. The van der Waals surface area contributed by atoms with Crippen LogP contribution in [0, 0.1) is 0 Å². The second-order valence-corrected chi connectivity index (χ2v) is 2.19. The third-order valence-corrected chi connectivity index (χ3v) is 1.41. The predicted octanol–water partition coefficient (Wildman–Crippen LogP) is 0.908. The first-order valence-corrected chi connectivity index (χ1v) is 3.37. The second-order valence-electron chi connectivity index (χ2n) is 1.11. The Balaban J connectivity index is 0. The van der Waals surface area contributed by atoms with E-state index in [1.165, 1.54) is 0 Å². The summed E-state index contributed by atoms with van der Waals surface area (Å²) in [6.07, 6.45) is 3.79. The smallest absolute Gasteiger partial charge is 0.0814 e. The van der Waals surface area contributed by atoms with E-state index in [2.05, 4.69) is 13.2 Å². The maximum atomic E-state index is 3.58. The fourth-order valence-electron chi connectivity index (χ4n) is 0.235. The molecule has 2 heteroatoms. The van der Waals surface area contributed by atoms with Crippen LogP contribution >= 0.6 is 11.8 Å². The Kier molecular flexibility index (Phi) is 13.5. The lowest BCUT2D eigenvalue weighted by atomic mass is 10.8. The molecule has 0 amide bonds. The van der Waals surface area contributed by atoms with Gasteiger partial charge in [-0.15, -0.1) is 13.2 Å². The zero-order chi connectivity index (χ0) is 5.54. The summed E-state index contributed by atoms with van der Waals surface area (Å²) < 4.78 is 0. The number of hydrogen-bond acceptors (Lipinski definition) is 1. The van der Waals surface area contributed by atoms with Crippen molar-refractivity contribution in [1.82, 2.24) is 0 Å². The minimum atomic E-state index is 0. The van der Waals surface area contributed by atoms with E-state index in [1.807, 2.05) is 23.9 Å². The van der Waals surface area contributed by atoms with Crippen molar-refractivity contribution in [3.8, 4) is 0 Å². The van der Waals surface area contributed by atoms with Gasteiger partial charge < -0.3 is 0 Å². The topological polar surface area (TPSA) is 0 Å². The van der Waals surface area contributed by atoms with Crippen molar-refractivity contribution in [1.29, 1.82) is 0 Å². The first kappa shape index (κ1) is 10.8. The molecule has 0 aliphatic carbocycles. The van der Waals surface area contributed by atoms with Crippen LogP contribution in [-0.2, 0) is 0 Å². The van der Waals surface area contributed by atoms with Gasteiger partial charge in [0.25, 0.3) is 0 Å². The molecule has 0 nitrogen and oxygen atoms in total. The molecule has 0 saturated carbocycles. The molecule has 0 aromatic rings. The van der Waals surface area contributed by atoms with Crippen LogP contribution in [0.1, 0.15) is 0 Å². The lowest BCUT2D eigenvalue weighted by Gasteiger charge is -1.85. The van der Waals surface area contributed by atoms with E-state index in [1.54, 1.807) is 0 Å². The van der Waals surface area contributed by atoms with Crippen LogP contribution in [0.25, 0.3) is 0 Å². The molecule has 0 saturated heterocycles. The molecule has 0 heterocycles. The van der Waals surface area contributed by atoms with Gasteiger partial charge in [0.05, 0.1) is 8.41 Å². The van der Waals surface area contributed by atoms with Gasteiger partial charge >= 0.3 is 0 Å². The van der Waals surface area contributed by atoms with Gasteiger partial charge in [0.15, 0.2) is 0 Å². The highest BCUT2D eigenvalue weighted by Crippen LogP contribution is 1.97. The standard InChI is InChI=1S/C6H10S.BH3/c1-3-5-7-6-4-2;/h3-4H,1-2,5-6H2;1H3. The largest absolute Gasteiger partial charge is 0.154 e. The summed E-state index contributed by atoms with van der Waals surface area (Å²) >= 11 is 1.82. The molecule has 0 radical (unpaired) electrons. The highest BCUT2D eigenvalue weighted by atomic mass is 32.2. The number of rotatable bonds is 4. The average molecular weight is 128 g/mol. The van der Waals surface area contributed by atoms with Gasteiger partial charge in [0.2, 0.25) is 0 Å². The van der Waals surface area contributed by atoms with Crippen LogP contribution in [0.5, 0.6) is 0 Å². The van der Waals surface area contributed by atoms with Crippen LogP contribution in [0.15, 0.2) is 25.3 Å². The van der Waals surface area contributed by atoms with Crippen molar-refractivity contribution in [2.24, 2.45) is 0 Å². The van der Waals surface area contributed by atoms with Crippen LogP contribution in [0.3, 0.4) is 0 Å². The molecular formula is C6H13BS. The van der Waals surface area contributed by atoms with Crippen molar-refractivity contribution in [3.63, 3.8) is 0 Å². The summed E-state index contributed by atoms with van der Waals surface area (Å²) in [6, 6.07) is 0. The van der Waals surface area contributed by atoms with E-state index in [4.69, 9.17) is 0 Å². The molecule has 8 heavy (non-hydrogen) atoms. The highest BCUT2D eigenvalue weighted by molar-refractivity contribution is 7.99. The summed E-state index contributed by atoms with van der Waals surface area (Å²) in [5.41, 5.74) is 0. The Hall–Kier alpha value is -0.105. The van der Waals surface area contributed by atoms with Crippen molar-refractivity contribution in [2.45, 2.75) is 0 Å². The monoisotopic (exact) mass is 128 g/mol.